The number of nitrogens with one attached hydrogen (secondary N) is 1. The number of aromatic nitrogens is 4. The highest BCUT2D eigenvalue weighted by Gasteiger charge is 2.21. The van der Waals surface area contributed by atoms with Gasteiger partial charge in [-0.3, -0.25) is 9.59 Å². The molecule has 0 radical (unpaired) electrons. The number of nitrogens with zero attached hydrogens (tertiary/aromatic N) is 4. The van der Waals surface area contributed by atoms with E-state index in [1.54, 1.807) is 4.57 Å². The molecular weight excluding hydrogens is 430 g/mol. The van der Waals surface area contributed by atoms with Gasteiger partial charge in [0.2, 0.25) is 11.7 Å². The summed E-state index contributed by atoms with van der Waals surface area (Å²) in [5.74, 6) is 0.645. The summed E-state index contributed by atoms with van der Waals surface area (Å²) < 4.78 is 8.71. The number of rotatable bonds is 7. The quantitative estimate of drug-likeness (QED) is 0.461. The molecular formula is C26H27N5O3. The normalized spacial score (nSPS) is 15.6. The fourth-order valence-corrected chi connectivity index (χ4v) is 4.35. The van der Waals surface area contributed by atoms with E-state index in [0.29, 0.717) is 35.8 Å². The Hall–Kier alpha value is -3.78. The molecule has 0 unspecified atom stereocenters. The van der Waals surface area contributed by atoms with E-state index in [-0.39, 0.29) is 24.1 Å². The third kappa shape index (κ3) is 4.49. The van der Waals surface area contributed by atoms with Crippen LogP contribution in [0.1, 0.15) is 29.7 Å². The van der Waals surface area contributed by atoms with Crippen LogP contribution < -0.4 is 10.9 Å². The lowest BCUT2D eigenvalue weighted by Crippen LogP contribution is -2.36. The van der Waals surface area contributed by atoms with E-state index in [2.05, 4.69) is 15.4 Å². The molecule has 8 heteroatoms. The van der Waals surface area contributed by atoms with Crippen LogP contribution in [-0.2, 0) is 22.5 Å². The van der Waals surface area contributed by atoms with E-state index in [9.17, 15) is 9.59 Å². The molecule has 1 aliphatic rings. The first-order chi connectivity index (χ1) is 16.6. The van der Waals surface area contributed by atoms with Crippen molar-refractivity contribution in [2.75, 3.05) is 13.2 Å². The number of benzene rings is 2. The summed E-state index contributed by atoms with van der Waals surface area (Å²) in [5.41, 5.74) is 2.90. The molecule has 0 saturated carbocycles. The van der Waals surface area contributed by atoms with Gasteiger partial charge in [-0.05, 0) is 25.3 Å². The van der Waals surface area contributed by atoms with Crippen molar-refractivity contribution in [2.24, 2.45) is 0 Å². The first-order valence-corrected chi connectivity index (χ1v) is 11.6. The van der Waals surface area contributed by atoms with Crippen molar-refractivity contribution in [1.29, 1.82) is 0 Å². The van der Waals surface area contributed by atoms with Crippen molar-refractivity contribution in [3.63, 3.8) is 0 Å². The minimum absolute atomic E-state index is 0.0387. The Labute approximate surface area is 197 Å². The molecule has 5 rings (SSSR count). The monoisotopic (exact) mass is 457 g/mol. The minimum atomic E-state index is -0.220. The minimum Gasteiger partial charge on any atom is -0.376 e. The predicted molar refractivity (Wildman–Crippen MR) is 129 cm³/mol. The van der Waals surface area contributed by atoms with Gasteiger partial charge < -0.3 is 14.6 Å². The molecule has 0 spiro atoms. The number of carbonyl (C=O) groups excluding carboxylic acids is 1. The van der Waals surface area contributed by atoms with Gasteiger partial charge in [0.1, 0.15) is 6.54 Å². The SMILES string of the molecule is Cc1c(Cc2ccccc2)c(=O)n2nc(-c3ccccc3)nc2n1CC(=O)NC[C@H]1CCCO1. The highest BCUT2D eigenvalue weighted by Crippen LogP contribution is 2.18. The summed E-state index contributed by atoms with van der Waals surface area (Å²) in [6.45, 7) is 3.12. The number of fused-ring (bicyclic) bond motifs is 1. The zero-order chi connectivity index (χ0) is 23.5. The summed E-state index contributed by atoms with van der Waals surface area (Å²) in [5, 5.41) is 7.49. The van der Waals surface area contributed by atoms with E-state index in [4.69, 9.17) is 4.74 Å². The largest absolute Gasteiger partial charge is 0.376 e. The molecule has 1 aliphatic heterocycles. The highest BCUT2D eigenvalue weighted by atomic mass is 16.5. The molecule has 1 saturated heterocycles. The van der Waals surface area contributed by atoms with E-state index in [1.165, 1.54) is 4.52 Å². The molecule has 0 bridgehead atoms. The van der Waals surface area contributed by atoms with Crippen LogP contribution in [0.15, 0.2) is 65.5 Å². The first-order valence-electron chi connectivity index (χ1n) is 11.6. The smallest absolute Gasteiger partial charge is 0.279 e. The molecule has 1 N–H and O–H groups in total. The predicted octanol–water partition coefficient (Wildman–Crippen LogP) is 2.75. The standard InChI is InChI=1S/C26H27N5O3/c1-18-22(15-19-9-4-2-5-10-19)25(33)31-26(28-24(29-31)20-11-6-3-7-12-20)30(18)17-23(32)27-16-21-13-8-14-34-21/h2-7,9-12,21H,8,13-17H2,1H3,(H,27,32)/t21-/m1/s1. The number of hydrogen-bond donors (Lipinski definition) is 1. The average molecular weight is 458 g/mol. The molecule has 3 heterocycles. The lowest BCUT2D eigenvalue weighted by atomic mass is 10.0. The Balaban J connectivity index is 1.55. The van der Waals surface area contributed by atoms with Gasteiger partial charge in [0.15, 0.2) is 5.82 Å². The Morgan fingerprint density at radius 2 is 1.85 bits per heavy atom. The third-order valence-corrected chi connectivity index (χ3v) is 6.23. The maximum absolute atomic E-state index is 13.5. The first kappa shape index (κ1) is 22.0. The summed E-state index contributed by atoms with van der Waals surface area (Å²) in [6, 6.07) is 19.3. The lowest BCUT2D eigenvalue weighted by molar-refractivity contribution is -0.122. The van der Waals surface area contributed by atoms with Crippen molar-refractivity contribution in [1.82, 2.24) is 24.5 Å². The molecule has 174 valence electrons. The van der Waals surface area contributed by atoms with Gasteiger partial charge in [-0.1, -0.05) is 60.7 Å². The van der Waals surface area contributed by atoms with Gasteiger partial charge in [-0.2, -0.15) is 9.50 Å². The van der Waals surface area contributed by atoms with E-state index in [0.717, 1.165) is 30.6 Å². The van der Waals surface area contributed by atoms with E-state index >= 15 is 0 Å². The maximum atomic E-state index is 13.5. The van der Waals surface area contributed by atoms with Crippen molar-refractivity contribution in [2.45, 2.75) is 38.8 Å². The molecule has 2 aromatic carbocycles. The second-order valence-electron chi connectivity index (χ2n) is 8.57. The number of carbonyl (C=O) groups is 1. The molecule has 1 amide bonds. The Bertz CT molecular complexity index is 1360. The van der Waals surface area contributed by atoms with Gasteiger partial charge in [0.05, 0.1) is 6.10 Å². The molecule has 34 heavy (non-hydrogen) atoms. The van der Waals surface area contributed by atoms with Crippen LogP contribution >= 0.6 is 0 Å². The van der Waals surface area contributed by atoms with Crippen molar-refractivity contribution >= 4 is 11.7 Å². The van der Waals surface area contributed by atoms with Gasteiger partial charge >= 0.3 is 0 Å². The fourth-order valence-electron chi connectivity index (χ4n) is 4.35. The van der Waals surface area contributed by atoms with Crippen molar-refractivity contribution in [3.8, 4) is 11.4 Å². The number of amides is 1. The van der Waals surface area contributed by atoms with Gasteiger partial charge in [-0.15, -0.1) is 5.10 Å². The summed E-state index contributed by atoms with van der Waals surface area (Å²) in [7, 11) is 0. The zero-order valence-electron chi connectivity index (χ0n) is 19.1. The molecule has 4 aromatic rings. The Kier molecular flexibility index (Phi) is 6.22. The number of hydrogen-bond acceptors (Lipinski definition) is 5. The maximum Gasteiger partial charge on any atom is 0.279 e. The molecule has 2 aromatic heterocycles. The van der Waals surface area contributed by atoms with Crippen molar-refractivity contribution < 1.29 is 9.53 Å². The van der Waals surface area contributed by atoms with E-state index in [1.807, 2.05) is 67.6 Å². The Morgan fingerprint density at radius 1 is 1.12 bits per heavy atom. The van der Waals surface area contributed by atoms with Crippen LogP contribution in [0.4, 0.5) is 0 Å². The third-order valence-electron chi connectivity index (χ3n) is 6.23. The van der Waals surface area contributed by atoms with Gasteiger partial charge in [-0.25, -0.2) is 0 Å². The van der Waals surface area contributed by atoms with Crippen LogP contribution in [0.3, 0.4) is 0 Å². The van der Waals surface area contributed by atoms with Crippen LogP contribution in [0, 0.1) is 6.92 Å². The van der Waals surface area contributed by atoms with Crippen LogP contribution in [0.5, 0.6) is 0 Å². The van der Waals surface area contributed by atoms with Crippen molar-refractivity contribution in [3.05, 3.63) is 87.8 Å². The lowest BCUT2D eigenvalue weighted by Gasteiger charge is -2.16. The average Bonchev–Trinajstić information content (AvgIpc) is 3.55. The van der Waals surface area contributed by atoms with Crippen LogP contribution in [-0.4, -0.2) is 44.3 Å². The summed E-state index contributed by atoms with van der Waals surface area (Å²) in [6.07, 6.45) is 2.48. The molecule has 8 nitrogen and oxygen atoms in total. The van der Waals surface area contributed by atoms with E-state index < -0.39 is 0 Å². The fraction of sp³-hybridized carbons (Fsp3) is 0.308. The molecule has 0 aliphatic carbocycles. The highest BCUT2D eigenvalue weighted by molar-refractivity contribution is 5.76. The second kappa shape index (κ2) is 9.61. The molecule has 1 atom stereocenters. The van der Waals surface area contributed by atoms with Gasteiger partial charge in [0.25, 0.3) is 5.56 Å². The Morgan fingerprint density at radius 3 is 2.56 bits per heavy atom. The molecule has 1 fully saturated rings. The van der Waals surface area contributed by atoms with Crippen LogP contribution in [0.2, 0.25) is 0 Å². The van der Waals surface area contributed by atoms with Gasteiger partial charge in [0, 0.05) is 36.4 Å². The van der Waals surface area contributed by atoms with Crippen LogP contribution in [0.25, 0.3) is 17.2 Å². The second-order valence-corrected chi connectivity index (χ2v) is 8.57. The summed E-state index contributed by atoms with van der Waals surface area (Å²) >= 11 is 0. The zero-order valence-corrected chi connectivity index (χ0v) is 19.1. The topological polar surface area (TPSA) is 90.5 Å². The number of ether oxygens (including phenoxy) is 1. The summed E-state index contributed by atoms with van der Waals surface area (Å²) in [4.78, 5) is 31.0.